The molecule has 8 heteroatoms. The van der Waals surface area contributed by atoms with Crippen molar-refractivity contribution >= 4 is 23.4 Å². The van der Waals surface area contributed by atoms with Gasteiger partial charge < -0.3 is 10.1 Å². The molecule has 1 aromatic heterocycles. The maximum absolute atomic E-state index is 12.8. The van der Waals surface area contributed by atoms with Crippen LogP contribution in [0, 0.1) is 13.8 Å². The van der Waals surface area contributed by atoms with Gasteiger partial charge >= 0.3 is 5.69 Å². The summed E-state index contributed by atoms with van der Waals surface area (Å²) in [4.78, 5) is 32.1. The number of rotatable bonds is 8. The number of carbonyl (C=O) groups excluding carboxylic acids is 1. The number of amides is 1. The van der Waals surface area contributed by atoms with E-state index in [0.717, 1.165) is 91.6 Å². The lowest BCUT2D eigenvalue weighted by Crippen LogP contribution is -2.37. The van der Waals surface area contributed by atoms with E-state index in [0.29, 0.717) is 6.54 Å². The molecule has 7 nitrogen and oxygen atoms in total. The van der Waals surface area contributed by atoms with Gasteiger partial charge in [-0.2, -0.15) is 4.98 Å². The summed E-state index contributed by atoms with van der Waals surface area (Å²) in [5.74, 6) is 0.166. The van der Waals surface area contributed by atoms with E-state index in [9.17, 15) is 9.59 Å². The van der Waals surface area contributed by atoms with Gasteiger partial charge in [-0.1, -0.05) is 23.9 Å². The molecule has 0 unspecified atom stereocenters. The molecule has 1 aliphatic carbocycles. The minimum atomic E-state index is -0.190. The molecule has 0 bridgehead atoms. The summed E-state index contributed by atoms with van der Waals surface area (Å²) in [6, 6.07) is 5.89. The quantitative estimate of drug-likeness (QED) is 0.486. The van der Waals surface area contributed by atoms with Gasteiger partial charge in [-0.25, -0.2) is 4.79 Å². The maximum Gasteiger partial charge on any atom is 0.348 e. The number of hydrogen-bond acceptors (Lipinski definition) is 6. The zero-order valence-electron chi connectivity index (χ0n) is 19.0. The molecule has 0 radical (unpaired) electrons. The van der Waals surface area contributed by atoms with Crippen molar-refractivity contribution in [1.29, 1.82) is 0 Å². The highest BCUT2D eigenvalue weighted by Gasteiger charge is 2.22. The number of hydrogen-bond donors (Lipinski definition) is 1. The smallest absolute Gasteiger partial charge is 0.348 e. The number of nitrogens with zero attached hydrogens (tertiary/aromatic N) is 3. The van der Waals surface area contributed by atoms with Crippen LogP contribution in [0.2, 0.25) is 0 Å². The van der Waals surface area contributed by atoms with Crippen LogP contribution in [0.4, 0.5) is 5.69 Å². The molecule has 0 saturated carbocycles. The van der Waals surface area contributed by atoms with Gasteiger partial charge in [-0.3, -0.25) is 14.3 Å². The van der Waals surface area contributed by atoms with Crippen LogP contribution in [0.5, 0.6) is 0 Å². The maximum atomic E-state index is 12.8. The van der Waals surface area contributed by atoms with Crippen LogP contribution < -0.4 is 11.0 Å². The van der Waals surface area contributed by atoms with E-state index >= 15 is 0 Å². The monoisotopic (exact) mass is 456 g/mol. The number of morpholine rings is 1. The number of aryl methyl sites for hydroxylation is 1. The molecular formula is C24H32N4O3S. The Morgan fingerprint density at radius 1 is 1.19 bits per heavy atom. The molecule has 0 spiro atoms. The number of benzene rings is 1. The van der Waals surface area contributed by atoms with Crippen molar-refractivity contribution in [1.82, 2.24) is 14.5 Å². The number of anilines is 1. The third-order valence-corrected chi connectivity index (χ3v) is 7.40. The molecule has 1 amide bonds. The highest BCUT2D eigenvalue weighted by Crippen LogP contribution is 2.29. The first-order valence-corrected chi connectivity index (χ1v) is 12.4. The lowest BCUT2D eigenvalue weighted by Gasteiger charge is -2.26. The Hall–Kier alpha value is -2.16. The SMILES string of the molecule is Cc1cccc(NC(=O)CSc2nc(=O)n(CCCN3CCOCC3)c3c2CCC3)c1C. The molecule has 2 heterocycles. The van der Waals surface area contributed by atoms with Gasteiger partial charge in [0.05, 0.1) is 19.0 Å². The lowest BCUT2D eigenvalue weighted by atomic mass is 10.1. The Morgan fingerprint density at radius 3 is 2.81 bits per heavy atom. The van der Waals surface area contributed by atoms with Crippen molar-refractivity contribution in [2.75, 3.05) is 43.9 Å². The van der Waals surface area contributed by atoms with Crippen LogP contribution in [0.3, 0.4) is 0 Å². The van der Waals surface area contributed by atoms with Gasteiger partial charge in [-0.15, -0.1) is 0 Å². The summed E-state index contributed by atoms with van der Waals surface area (Å²) in [6.07, 6.45) is 3.80. The average molecular weight is 457 g/mol. The Kier molecular flexibility index (Phi) is 7.65. The van der Waals surface area contributed by atoms with Gasteiger partial charge in [-0.05, 0) is 56.7 Å². The molecule has 4 rings (SSSR count). The van der Waals surface area contributed by atoms with Crippen LogP contribution in [0.1, 0.15) is 35.2 Å². The first kappa shape index (κ1) is 23.0. The first-order valence-electron chi connectivity index (χ1n) is 11.4. The van der Waals surface area contributed by atoms with Crippen molar-refractivity contribution in [3.63, 3.8) is 0 Å². The molecule has 2 aliphatic rings. The van der Waals surface area contributed by atoms with Crippen LogP contribution in [0.25, 0.3) is 0 Å². The van der Waals surface area contributed by atoms with Gasteiger partial charge in [0.2, 0.25) is 5.91 Å². The fourth-order valence-corrected chi connectivity index (χ4v) is 5.30. The molecule has 1 N–H and O–H groups in total. The normalized spacial score (nSPS) is 16.2. The minimum absolute atomic E-state index is 0.0769. The summed E-state index contributed by atoms with van der Waals surface area (Å²) in [6.45, 7) is 9.22. The highest BCUT2D eigenvalue weighted by atomic mass is 32.2. The predicted molar refractivity (Wildman–Crippen MR) is 128 cm³/mol. The predicted octanol–water partition coefficient (Wildman–Crippen LogP) is 2.80. The van der Waals surface area contributed by atoms with E-state index in [1.807, 2.05) is 36.6 Å². The summed E-state index contributed by atoms with van der Waals surface area (Å²) >= 11 is 1.37. The zero-order chi connectivity index (χ0) is 22.5. The Balaban J connectivity index is 1.38. The third-order valence-electron chi connectivity index (χ3n) is 6.38. The number of carbonyl (C=O) groups is 1. The molecule has 2 aromatic rings. The fraction of sp³-hybridized carbons (Fsp3) is 0.542. The molecule has 1 aliphatic heterocycles. The van der Waals surface area contributed by atoms with Crippen molar-refractivity contribution < 1.29 is 9.53 Å². The number of ether oxygens (including phenoxy) is 1. The van der Waals surface area contributed by atoms with E-state index < -0.39 is 0 Å². The van der Waals surface area contributed by atoms with Crippen molar-refractivity contribution in [3.8, 4) is 0 Å². The molecule has 32 heavy (non-hydrogen) atoms. The molecule has 172 valence electrons. The van der Waals surface area contributed by atoms with Crippen LogP contribution in [-0.2, 0) is 28.9 Å². The molecule has 0 atom stereocenters. The standard InChI is InChI=1S/C24H32N4O3S/c1-17-6-3-8-20(18(17)2)25-22(29)16-32-23-19-7-4-9-21(19)28(24(30)26-23)11-5-10-27-12-14-31-15-13-27/h3,6,8H,4-5,7,9-16H2,1-2H3,(H,25,29). The van der Waals surface area contributed by atoms with E-state index in [2.05, 4.69) is 15.2 Å². The van der Waals surface area contributed by atoms with E-state index in [4.69, 9.17) is 4.74 Å². The van der Waals surface area contributed by atoms with E-state index in [-0.39, 0.29) is 17.3 Å². The van der Waals surface area contributed by atoms with Crippen molar-refractivity contribution in [3.05, 3.63) is 51.1 Å². The fourth-order valence-electron chi connectivity index (χ4n) is 4.42. The summed E-state index contributed by atoms with van der Waals surface area (Å²) < 4.78 is 7.27. The van der Waals surface area contributed by atoms with Crippen LogP contribution >= 0.6 is 11.8 Å². The van der Waals surface area contributed by atoms with Gasteiger partial charge in [0.25, 0.3) is 0 Å². The Morgan fingerprint density at radius 2 is 2.00 bits per heavy atom. The number of nitrogens with one attached hydrogen (secondary N) is 1. The third kappa shape index (κ3) is 5.42. The number of thioether (sulfide) groups is 1. The second-order valence-corrected chi connectivity index (χ2v) is 9.49. The van der Waals surface area contributed by atoms with E-state index in [1.54, 1.807) is 0 Å². The number of fused-ring (bicyclic) bond motifs is 1. The zero-order valence-corrected chi connectivity index (χ0v) is 19.8. The largest absolute Gasteiger partial charge is 0.379 e. The van der Waals surface area contributed by atoms with Crippen LogP contribution in [-0.4, -0.2) is 59.0 Å². The summed E-state index contributed by atoms with van der Waals surface area (Å²) in [7, 11) is 0. The molecule has 1 fully saturated rings. The molecule has 1 saturated heterocycles. The van der Waals surface area contributed by atoms with Gasteiger partial charge in [0.15, 0.2) is 0 Å². The molecular weight excluding hydrogens is 424 g/mol. The minimum Gasteiger partial charge on any atom is -0.379 e. The highest BCUT2D eigenvalue weighted by molar-refractivity contribution is 8.00. The Labute approximate surface area is 193 Å². The summed E-state index contributed by atoms with van der Waals surface area (Å²) in [5, 5.41) is 3.71. The first-order chi connectivity index (χ1) is 15.5. The second kappa shape index (κ2) is 10.6. The van der Waals surface area contributed by atoms with Gasteiger partial charge in [0, 0.05) is 43.1 Å². The molecule has 1 aromatic carbocycles. The Bertz CT molecular complexity index is 1030. The van der Waals surface area contributed by atoms with Crippen molar-refractivity contribution in [2.45, 2.75) is 51.1 Å². The lowest BCUT2D eigenvalue weighted by molar-refractivity contribution is -0.113. The van der Waals surface area contributed by atoms with Crippen molar-refractivity contribution in [2.24, 2.45) is 0 Å². The summed E-state index contributed by atoms with van der Waals surface area (Å²) in [5.41, 5.74) is 5.14. The van der Waals surface area contributed by atoms with E-state index in [1.165, 1.54) is 11.8 Å². The van der Waals surface area contributed by atoms with Crippen LogP contribution in [0.15, 0.2) is 28.0 Å². The van der Waals surface area contributed by atoms with Gasteiger partial charge in [0.1, 0.15) is 5.03 Å². The average Bonchev–Trinajstić information content (AvgIpc) is 3.28. The number of aromatic nitrogens is 2. The topological polar surface area (TPSA) is 76.5 Å². The second-order valence-electron chi connectivity index (χ2n) is 8.52.